The molecule has 7 heteroatoms. The van der Waals surface area contributed by atoms with E-state index in [1.165, 1.54) is 0 Å². The molecule has 1 fully saturated rings. The van der Waals surface area contributed by atoms with E-state index in [-0.39, 0.29) is 13.0 Å². The third-order valence-electron chi connectivity index (χ3n) is 2.96. The second-order valence-corrected chi connectivity index (χ2v) is 4.36. The van der Waals surface area contributed by atoms with Crippen LogP contribution >= 0.6 is 0 Å². The van der Waals surface area contributed by atoms with Crippen LogP contribution in [-0.4, -0.2) is 42.2 Å². The number of hydrogen-bond donors (Lipinski definition) is 2. The van der Waals surface area contributed by atoms with Gasteiger partial charge in [-0.05, 0) is 12.8 Å². The first kappa shape index (κ1) is 14.8. The average molecular weight is 265 g/mol. The molecule has 2 N–H and O–H groups in total. The number of carbonyl (C=O) groups excluding carboxylic acids is 1. The van der Waals surface area contributed by atoms with Crippen molar-refractivity contribution in [2.75, 3.05) is 13.2 Å². The Morgan fingerprint density at radius 2 is 1.94 bits per heavy atom. The van der Waals surface area contributed by atoms with Gasteiger partial charge in [0.1, 0.15) is 12.1 Å². The first-order valence-corrected chi connectivity index (χ1v) is 5.86. The Morgan fingerprint density at radius 1 is 1.33 bits per heavy atom. The maximum atomic E-state index is 11.8. The largest absolute Gasteiger partial charge is 0.480 e. The summed E-state index contributed by atoms with van der Waals surface area (Å²) in [5, 5.41) is 11.6. The van der Waals surface area contributed by atoms with E-state index in [0.717, 1.165) is 12.8 Å². The van der Waals surface area contributed by atoms with Crippen molar-refractivity contribution in [3.05, 3.63) is 0 Å². The lowest BCUT2D eigenvalue weighted by molar-refractivity contribution is -0.147. The molecule has 0 aromatic rings. The van der Waals surface area contributed by atoms with Crippen molar-refractivity contribution in [1.29, 1.82) is 0 Å². The summed E-state index contributed by atoms with van der Waals surface area (Å²) >= 11 is 0. The van der Waals surface area contributed by atoms with E-state index in [9.17, 15) is 18.4 Å². The van der Waals surface area contributed by atoms with Crippen LogP contribution in [0.3, 0.4) is 0 Å². The molecule has 1 saturated carbocycles. The molecule has 0 bridgehead atoms. The zero-order chi connectivity index (χ0) is 13.6. The zero-order valence-corrected chi connectivity index (χ0v) is 9.95. The van der Waals surface area contributed by atoms with Crippen LogP contribution in [0.15, 0.2) is 0 Å². The Hall–Kier alpha value is -1.24. The van der Waals surface area contributed by atoms with Crippen molar-refractivity contribution < 1.29 is 28.2 Å². The molecule has 0 radical (unpaired) electrons. The van der Waals surface area contributed by atoms with Crippen molar-refractivity contribution in [3.63, 3.8) is 0 Å². The maximum Gasteiger partial charge on any atom is 0.329 e. The van der Waals surface area contributed by atoms with E-state index < -0.39 is 30.4 Å². The van der Waals surface area contributed by atoms with Gasteiger partial charge in [0.2, 0.25) is 5.91 Å². The number of rotatable bonds is 7. The van der Waals surface area contributed by atoms with Gasteiger partial charge in [-0.3, -0.25) is 4.79 Å². The average Bonchev–Trinajstić information content (AvgIpc) is 2.74. The first-order chi connectivity index (χ1) is 8.46. The summed E-state index contributed by atoms with van der Waals surface area (Å²) < 4.78 is 28.1. The second kappa shape index (κ2) is 6.63. The van der Waals surface area contributed by atoms with Crippen LogP contribution < -0.4 is 5.32 Å². The van der Waals surface area contributed by atoms with Crippen LogP contribution in [0.2, 0.25) is 0 Å². The Morgan fingerprint density at radius 3 is 2.44 bits per heavy atom. The van der Waals surface area contributed by atoms with Crippen LogP contribution in [0.4, 0.5) is 8.78 Å². The third kappa shape index (κ3) is 4.21. The van der Waals surface area contributed by atoms with Crippen molar-refractivity contribution in [1.82, 2.24) is 5.32 Å². The van der Waals surface area contributed by atoms with E-state index in [1.807, 2.05) is 0 Å². The van der Waals surface area contributed by atoms with Gasteiger partial charge in [-0.25, -0.2) is 13.6 Å². The molecule has 0 saturated heterocycles. The topological polar surface area (TPSA) is 75.6 Å². The fraction of sp³-hybridized carbons (Fsp3) is 0.818. The summed E-state index contributed by atoms with van der Waals surface area (Å²) in [6.45, 7) is -0.844. The molecule has 1 aliphatic carbocycles. The number of carboxylic acid groups (broad SMARTS) is 1. The van der Waals surface area contributed by atoms with Gasteiger partial charge < -0.3 is 15.2 Å². The number of hydrogen-bond acceptors (Lipinski definition) is 3. The minimum absolute atomic E-state index is 0.109. The highest BCUT2D eigenvalue weighted by Gasteiger charge is 2.42. The predicted octanol–water partition coefficient (Wildman–Crippen LogP) is 1.17. The molecule has 0 aliphatic heterocycles. The van der Waals surface area contributed by atoms with Gasteiger partial charge in [0.15, 0.2) is 0 Å². The van der Waals surface area contributed by atoms with Crippen molar-refractivity contribution in [2.24, 2.45) is 0 Å². The normalized spacial score (nSPS) is 17.9. The Bertz CT molecular complexity index is 303. The van der Waals surface area contributed by atoms with E-state index >= 15 is 0 Å². The molecule has 0 heterocycles. The lowest BCUT2D eigenvalue weighted by Crippen LogP contribution is -2.52. The number of aliphatic carboxylic acids is 1. The zero-order valence-electron chi connectivity index (χ0n) is 9.95. The van der Waals surface area contributed by atoms with Gasteiger partial charge in [-0.2, -0.15) is 0 Å². The number of halogens is 2. The molecule has 5 nitrogen and oxygen atoms in total. The highest BCUT2D eigenvalue weighted by Crippen LogP contribution is 2.29. The van der Waals surface area contributed by atoms with Crippen molar-refractivity contribution in [2.45, 2.75) is 44.1 Å². The van der Waals surface area contributed by atoms with Gasteiger partial charge in [0.25, 0.3) is 6.43 Å². The number of amides is 1. The number of ether oxygens (including phenoxy) is 1. The molecule has 104 valence electrons. The predicted molar refractivity (Wildman–Crippen MR) is 58.4 cm³/mol. The standard InChI is InChI=1S/C11H17F2NO4/c12-8(13)7-18-6-3-9(15)14-11(10(16)17)4-1-2-5-11/h8H,1-7H2,(H,14,15)(H,16,17). The smallest absolute Gasteiger partial charge is 0.329 e. The van der Waals surface area contributed by atoms with Gasteiger partial charge >= 0.3 is 5.97 Å². The molecule has 0 aromatic heterocycles. The second-order valence-electron chi connectivity index (χ2n) is 4.36. The molecule has 0 spiro atoms. The monoisotopic (exact) mass is 265 g/mol. The molecular weight excluding hydrogens is 248 g/mol. The fourth-order valence-electron chi connectivity index (χ4n) is 2.04. The SMILES string of the molecule is O=C(CCOCC(F)F)NC1(C(=O)O)CCCC1. The summed E-state index contributed by atoms with van der Waals surface area (Å²) in [5.74, 6) is -1.52. The van der Waals surface area contributed by atoms with Crippen molar-refractivity contribution in [3.8, 4) is 0 Å². The minimum atomic E-state index is -2.56. The third-order valence-corrected chi connectivity index (χ3v) is 2.96. The van der Waals surface area contributed by atoms with E-state index in [1.54, 1.807) is 0 Å². The molecule has 1 aliphatic rings. The van der Waals surface area contributed by atoms with Crippen LogP contribution in [0.5, 0.6) is 0 Å². The number of carboxylic acids is 1. The van der Waals surface area contributed by atoms with Crippen LogP contribution in [-0.2, 0) is 14.3 Å². The molecule has 1 rings (SSSR count). The van der Waals surface area contributed by atoms with Crippen LogP contribution in [0, 0.1) is 0 Å². The summed E-state index contributed by atoms with van der Waals surface area (Å²) in [7, 11) is 0. The highest BCUT2D eigenvalue weighted by atomic mass is 19.3. The lowest BCUT2D eigenvalue weighted by atomic mass is 9.97. The Labute approximate surface area is 103 Å². The molecular formula is C11H17F2NO4. The number of alkyl halides is 2. The first-order valence-electron chi connectivity index (χ1n) is 5.86. The molecule has 1 amide bonds. The maximum absolute atomic E-state index is 11.8. The van der Waals surface area contributed by atoms with Crippen LogP contribution in [0.25, 0.3) is 0 Å². The molecule has 0 unspecified atom stereocenters. The summed E-state index contributed by atoms with van der Waals surface area (Å²) in [5.41, 5.74) is -1.18. The summed E-state index contributed by atoms with van der Waals surface area (Å²) in [4.78, 5) is 22.6. The van der Waals surface area contributed by atoms with E-state index in [4.69, 9.17) is 5.11 Å². The number of nitrogens with one attached hydrogen (secondary N) is 1. The number of carbonyl (C=O) groups is 2. The molecule has 18 heavy (non-hydrogen) atoms. The lowest BCUT2D eigenvalue weighted by Gasteiger charge is -2.25. The van der Waals surface area contributed by atoms with Crippen LogP contribution in [0.1, 0.15) is 32.1 Å². The molecule has 0 aromatic carbocycles. The van der Waals surface area contributed by atoms with E-state index in [0.29, 0.717) is 12.8 Å². The minimum Gasteiger partial charge on any atom is -0.480 e. The van der Waals surface area contributed by atoms with Gasteiger partial charge in [-0.15, -0.1) is 0 Å². The van der Waals surface area contributed by atoms with Gasteiger partial charge in [0, 0.05) is 6.42 Å². The Kier molecular flexibility index (Phi) is 5.46. The van der Waals surface area contributed by atoms with E-state index in [2.05, 4.69) is 10.1 Å². The Balaban J connectivity index is 2.32. The fourth-order valence-corrected chi connectivity index (χ4v) is 2.04. The highest BCUT2D eigenvalue weighted by molar-refractivity contribution is 5.87. The summed E-state index contributed by atoms with van der Waals surface area (Å²) in [6, 6.07) is 0. The summed E-state index contributed by atoms with van der Waals surface area (Å²) in [6.07, 6.45) is -0.337. The van der Waals surface area contributed by atoms with Gasteiger partial charge in [0.05, 0.1) is 6.61 Å². The quantitative estimate of drug-likeness (QED) is 0.678. The van der Waals surface area contributed by atoms with Crippen molar-refractivity contribution >= 4 is 11.9 Å². The van der Waals surface area contributed by atoms with Gasteiger partial charge in [-0.1, -0.05) is 12.8 Å². The molecule has 0 atom stereocenters.